The van der Waals surface area contributed by atoms with Crippen LogP contribution in [0.1, 0.15) is 5.56 Å². The molecule has 0 amide bonds. The van der Waals surface area contributed by atoms with E-state index in [1.165, 1.54) is 5.56 Å². The summed E-state index contributed by atoms with van der Waals surface area (Å²) in [6.07, 6.45) is 3.79. The van der Waals surface area contributed by atoms with Gasteiger partial charge in [-0.3, -0.25) is 4.40 Å². The topological polar surface area (TPSA) is 17.3 Å². The fourth-order valence-electron chi connectivity index (χ4n) is 1.79. The van der Waals surface area contributed by atoms with E-state index in [0.717, 1.165) is 21.2 Å². The lowest BCUT2D eigenvalue weighted by Gasteiger charge is -2.04. The molecule has 1 aromatic carbocycles. The second-order valence-corrected chi connectivity index (χ2v) is 4.93. The zero-order chi connectivity index (χ0) is 11.1. The molecule has 0 saturated carbocycles. The second-order valence-electron chi connectivity index (χ2n) is 3.66. The van der Waals surface area contributed by atoms with Gasteiger partial charge in [-0.2, -0.15) is 0 Å². The first-order chi connectivity index (χ1) is 7.75. The summed E-state index contributed by atoms with van der Waals surface area (Å²) in [6, 6.07) is 5.95. The van der Waals surface area contributed by atoms with Crippen molar-refractivity contribution >= 4 is 27.9 Å². The van der Waals surface area contributed by atoms with E-state index >= 15 is 0 Å². The van der Waals surface area contributed by atoms with Crippen LogP contribution in [0.15, 0.2) is 36.0 Å². The van der Waals surface area contributed by atoms with Crippen LogP contribution in [0.25, 0.3) is 16.2 Å². The molecule has 0 bridgehead atoms. The molecule has 0 fully saturated rings. The van der Waals surface area contributed by atoms with Crippen LogP contribution in [-0.2, 0) is 0 Å². The van der Waals surface area contributed by atoms with Crippen LogP contribution in [0.3, 0.4) is 0 Å². The minimum atomic E-state index is 0.764. The van der Waals surface area contributed by atoms with Crippen molar-refractivity contribution in [1.82, 2.24) is 9.38 Å². The molecular formula is C12H9ClN2S. The average Bonchev–Trinajstić information content (AvgIpc) is 2.83. The van der Waals surface area contributed by atoms with E-state index in [9.17, 15) is 0 Å². The van der Waals surface area contributed by atoms with Gasteiger partial charge >= 0.3 is 0 Å². The van der Waals surface area contributed by atoms with Crippen LogP contribution in [0.2, 0.25) is 5.02 Å². The molecule has 0 radical (unpaired) electrons. The Morgan fingerprint density at radius 3 is 3.12 bits per heavy atom. The Labute approximate surface area is 102 Å². The molecule has 2 aromatic heterocycles. The van der Waals surface area contributed by atoms with Gasteiger partial charge in [0, 0.05) is 28.4 Å². The van der Waals surface area contributed by atoms with Gasteiger partial charge in [0.1, 0.15) is 0 Å². The predicted octanol–water partition coefficient (Wildman–Crippen LogP) is 4.02. The summed E-state index contributed by atoms with van der Waals surface area (Å²) < 4.78 is 2.09. The minimum Gasteiger partial charge on any atom is -0.290 e. The monoisotopic (exact) mass is 248 g/mol. The number of benzene rings is 1. The minimum absolute atomic E-state index is 0.764. The maximum absolute atomic E-state index is 6.04. The third-order valence-corrected chi connectivity index (χ3v) is 3.71. The second kappa shape index (κ2) is 3.61. The molecule has 2 nitrogen and oxygen atoms in total. The molecule has 0 aliphatic heterocycles. The van der Waals surface area contributed by atoms with Gasteiger partial charge in [-0.1, -0.05) is 17.7 Å². The van der Waals surface area contributed by atoms with Gasteiger partial charge < -0.3 is 0 Å². The fraction of sp³-hybridized carbons (Fsp3) is 0.0833. The summed E-state index contributed by atoms with van der Waals surface area (Å²) in [6.45, 7) is 2.09. The smallest absolute Gasteiger partial charge is 0.194 e. The first-order valence-corrected chi connectivity index (χ1v) is 6.18. The molecule has 0 atom stereocenters. The van der Waals surface area contributed by atoms with Gasteiger partial charge in [-0.25, -0.2) is 4.98 Å². The van der Waals surface area contributed by atoms with E-state index in [2.05, 4.69) is 21.7 Å². The number of nitrogens with zero attached hydrogens (tertiary/aromatic N) is 2. The molecular weight excluding hydrogens is 240 g/mol. The number of thiazole rings is 1. The Balaban J connectivity index is 2.30. The summed E-state index contributed by atoms with van der Waals surface area (Å²) in [5, 5.41) is 2.88. The van der Waals surface area contributed by atoms with Gasteiger partial charge in [0.2, 0.25) is 0 Å². The largest absolute Gasteiger partial charge is 0.290 e. The highest BCUT2D eigenvalue weighted by Gasteiger charge is 2.09. The Hall–Kier alpha value is -1.32. The molecule has 0 aliphatic carbocycles. The van der Waals surface area contributed by atoms with Gasteiger partial charge in [0.15, 0.2) is 4.96 Å². The molecule has 0 aliphatic rings. The van der Waals surface area contributed by atoms with Crippen LogP contribution in [0.5, 0.6) is 0 Å². The van der Waals surface area contributed by atoms with Crippen molar-refractivity contribution in [2.24, 2.45) is 0 Å². The number of hydrogen-bond donors (Lipinski definition) is 0. The number of aryl methyl sites for hydroxylation is 1. The maximum atomic E-state index is 6.04. The molecule has 4 heteroatoms. The standard InChI is InChI=1S/C12H9ClN2S/c1-8-2-3-9(13)6-10(8)11-7-16-12-14-4-5-15(11)12/h2-7H,1H3. The summed E-state index contributed by atoms with van der Waals surface area (Å²) in [7, 11) is 0. The number of halogens is 1. The number of aromatic nitrogens is 2. The van der Waals surface area contributed by atoms with E-state index in [-0.39, 0.29) is 0 Å². The van der Waals surface area contributed by atoms with Crippen molar-refractivity contribution in [1.29, 1.82) is 0 Å². The third kappa shape index (κ3) is 1.44. The van der Waals surface area contributed by atoms with Crippen LogP contribution in [0, 0.1) is 6.92 Å². The van der Waals surface area contributed by atoms with E-state index < -0.39 is 0 Å². The summed E-state index contributed by atoms with van der Waals surface area (Å²) >= 11 is 7.68. The highest BCUT2D eigenvalue weighted by atomic mass is 35.5. The maximum Gasteiger partial charge on any atom is 0.194 e. The summed E-state index contributed by atoms with van der Waals surface area (Å²) in [4.78, 5) is 5.27. The molecule has 0 spiro atoms. The molecule has 0 saturated heterocycles. The Morgan fingerprint density at radius 1 is 1.38 bits per heavy atom. The normalized spacial score (nSPS) is 11.1. The lowest BCUT2D eigenvalue weighted by Crippen LogP contribution is -1.87. The quantitative estimate of drug-likeness (QED) is 0.636. The zero-order valence-corrected chi connectivity index (χ0v) is 10.2. The number of imidazole rings is 1. The molecule has 80 valence electrons. The van der Waals surface area contributed by atoms with Crippen LogP contribution in [0.4, 0.5) is 0 Å². The number of hydrogen-bond acceptors (Lipinski definition) is 2. The van der Waals surface area contributed by atoms with Gasteiger partial charge in [0.05, 0.1) is 5.69 Å². The SMILES string of the molecule is Cc1ccc(Cl)cc1-c1csc2nccn12. The van der Waals surface area contributed by atoms with Crippen molar-refractivity contribution < 1.29 is 0 Å². The van der Waals surface area contributed by atoms with Crippen molar-refractivity contribution in [3.63, 3.8) is 0 Å². The van der Waals surface area contributed by atoms with Crippen LogP contribution >= 0.6 is 22.9 Å². The first kappa shape index (κ1) is 9.87. The Bertz CT molecular complexity index is 654. The van der Waals surface area contributed by atoms with E-state index in [1.807, 2.05) is 30.6 Å². The predicted molar refractivity (Wildman–Crippen MR) is 68.3 cm³/mol. The fourth-order valence-corrected chi connectivity index (χ4v) is 2.81. The molecule has 0 unspecified atom stereocenters. The van der Waals surface area contributed by atoms with Crippen LogP contribution in [-0.4, -0.2) is 9.38 Å². The highest BCUT2D eigenvalue weighted by molar-refractivity contribution is 7.15. The Morgan fingerprint density at radius 2 is 2.25 bits per heavy atom. The zero-order valence-electron chi connectivity index (χ0n) is 8.64. The van der Waals surface area contributed by atoms with E-state index in [4.69, 9.17) is 11.6 Å². The lowest BCUT2D eigenvalue weighted by molar-refractivity contribution is 1.23. The van der Waals surface area contributed by atoms with Crippen LogP contribution < -0.4 is 0 Å². The highest BCUT2D eigenvalue weighted by Crippen LogP contribution is 2.29. The first-order valence-electron chi connectivity index (χ1n) is 4.93. The Kier molecular flexibility index (Phi) is 2.23. The van der Waals surface area contributed by atoms with E-state index in [0.29, 0.717) is 0 Å². The molecule has 16 heavy (non-hydrogen) atoms. The molecule has 3 aromatic rings. The lowest BCUT2D eigenvalue weighted by atomic mass is 10.1. The molecule has 3 rings (SSSR count). The van der Waals surface area contributed by atoms with Crippen molar-refractivity contribution in [2.75, 3.05) is 0 Å². The van der Waals surface area contributed by atoms with Gasteiger partial charge in [-0.15, -0.1) is 11.3 Å². The van der Waals surface area contributed by atoms with Crippen molar-refractivity contribution in [2.45, 2.75) is 6.92 Å². The van der Waals surface area contributed by atoms with Crippen molar-refractivity contribution in [3.8, 4) is 11.3 Å². The molecule has 0 N–H and O–H groups in total. The van der Waals surface area contributed by atoms with E-state index in [1.54, 1.807) is 11.3 Å². The number of fused-ring (bicyclic) bond motifs is 1. The number of rotatable bonds is 1. The molecule has 2 heterocycles. The van der Waals surface area contributed by atoms with Crippen molar-refractivity contribution in [3.05, 3.63) is 46.6 Å². The third-order valence-electron chi connectivity index (χ3n) is 2.62. The van der Waals surface area contributed by atoms with Gasteiger partial charge in [-0.05, 0) is 24.6 Å². The summed E-state index contributed by atoms with van der Waals surface area (Å²) in [5.41, 5.74) is 3.53. The van der Waals surface area contributed by atoms with Gasteiger partial charge in [0.25, 0.3) is 0 Å². The summed E-state index contributed by atoms with van der Waals surface area (Å²) in [5.74, 6) is 0. The average molecular weight is 249 g/mol.